The summed E-state index contributed by atoms with van der Waals surface area (Å²) in [7, 11) is 1.58. The van der Waals surface area contributed by atoms with Crippen LogP contribution < -0.4 is 10.1 Å². The number of fused-ring (bicyclic) bond motifs is 9. The molecule has 6 N–H and O–H groups in total. The molecular weight excluding hydrogens is 911 g/mol. The third-order valence-corrected chi connectivity index (χ3v) is 17.9. The normalized spacial score (nSPS) is 32.2. The third-order valence-electron chi connectivity index (χ3n) is 17.9. The lowest BCUT2D eigenvalue weighted by molar-refractivity contribution is -0.228. The first-order valence-corrected chi connectivity index (χ1v) is 26.9. The highest BCUT2D eigenvalue weighted by Crippen LogP contribution is 2.59. The fraction of sp³-hybridized carbons (Fsp3) is 0.583. The van der Waals surface area contributed by atoms with Gasteiger partial charge in [0.25, 0.3) is 0 Å². The van der Waals surface area contributed by atoms with Gasteiger partial charge in [-0.3, -0.25) is 9.59 Å². The van der Waals surface area contributed by atoms with Crippen LogP contribution in [0.2, 0.25) is 0 Å². The van der Waals surface area contributed by atoms with Crippen molar-refractivity contribution in [1.82, 2.24) is 0 Å². The van der Waals surface area contributed by atoms with E-state index in [0.717, 1.165) is 75.3 Å². The number of esters is 2. The molecule has 12 nitrogen and oxygen atoms in total. The molecule has 4 saturated carbocycles. The summed E-state index contributed by atoms with van der Waals surface area (Å²) in [6.07, 6.45) is 9.82. The number of phenols is 1. The number of carbonyl (C=O) groups excluding carboxylic acids is 3. The number of rotatable bonds is 9. The van der Waals surface area contributed by atoms with Crippen molar-refractivity contribution < 1.29 is 54.1 Å². The van der Waals surface area contributed by atoms with Crippen molar-refractivity contribution in [3.8, 4) is 23.3 Å². The summed E-state index contributed by atoms with van der Waals surface area (Å²) in [5, 5.41) is 64.2. The molecule has 0 aromatic heterocycles. The fourth-order valence-electron chi connectivity index (χ4n) is 14.3. The number of carbonyl (C=O) groups is 3. The molecule has 0 saturated heterocycles. The predicted octanol–water partition coefficient (Wildman–Crippen LogP) is 8.41. The van der Waals surface area contributed by atoms with Gasteiger partial charge in [-0.15, -0.1) is 0 Å². The highest BCUT2D eigenvalue weighted by Gasteiger charge is 2.62. The standard InChI is InChI=1S/C60H73NO11/c1-59(68,19-20-70-2)34-61-45-23-37(33-62)22-42(27-45)39-15-16-40-32-54(65)72-57-47(40)30-43(56(66)55(57)38-11-4-3-5-12-38)31-53-60(69)50-14-7-6-13-41(50)29-48-49(52(64)18-17-51(48)60)25-36-10-8-9-35(21-36)24-46(63)28-44(26-39)58(67)71-53/h8-10,21-23,27-28,30,38-41,46,48-51,53,61-63,66,68-69H,3-7,11-14,17-20,24-26,29,31-34H2,1-2H3/b44-28-/t39-,40+,41-,46+,48+,49-,50+,51+,53+,59+,60-/m0/s1. The van der Waals surface area contributed by atoms with Crippen molar-refractivity contribution in [3.05, 3.63) is 99.1 Å². The highest BCUT2D eigenvalue weighted by molar-refractivity contribution is 5.89. The van der Waals surface area contributed by atoms with E-state index in [1.54, 1.807) is 26.2 Å². The van der Waals surface area contributed by atoms with Crippen LogP contribution in [0, 0.1) is 41.4 Å². The molecule has 4 aliphatic carbocycles. The van der Waals surface area contributed by atoms with Crippen molar-refractivity contribution in [3.63, 3.8) is 0 Å². The summed E-state index contributed by atoms with van der Waals surface area (Å²) in [5.41, 5.74) is 2.84. The highest BCUT2D eigenvalue weighted by atomic mass is 16.6. The van der Waals surface area contributed by atoms with Gasteiger partial charge in [0.2, 0.25) is 0 Å². The first-order chi connectivity index (χ1) is 34.7. The molecule has 11 atom stereocenters. The van der Waals surface area contributed by atoms with Crippen LogP contribution in [0.25, 0.3) is 0 Å². The molecule has 384 valence electrons. The van der Waals surface area contributed by atoms with Gasteiger partial charge in [-0.2, -0.15) is 0 Å². The number of hydrogen-bond acceptors (Lipinski definition) is 12. The van der Waals surface area contributed by atoms with Crippen LogP contribution in [0.4, 0.5) is 5.69 Å². The maximum atomic E-state index is 15.6. The van der Waals surface area contributed by atoms with E-state index < -0.39 is 47.2 Å². The molecule has 0 amide bonds. The number of aliphatic hydroxyl groups excluding tert-OH is 2. The summed E-state index contributed by atoms with van der Waals surface area (Å²) >= 11 is 0. The van der Waals surface area contributed by atoms with E-state index in [-0.39, 0.29) is 91.4 Å². The zero-order chi connectivity index (χ0) is 50.3. The van der Waals surface area contributed by atoms with Gasteiger partial charge in [0.15, 0.2) is 0 Å². The molecule has 3 aliphatic heterocycles. The van der Waals surface area contributed by atoms with Crippen molar-refractivity contribution in [2.24, 2.45) is 29.6 Å². The lowest BCUT2D eigenvalue weighted by atomic mass is 9.48. The number of hydrogen-bond donors (Lipinski definition) is 6. The Morgan fingerprint density at radius 1 is 0.875 bits per heavy atom. The summed E-state index contributed by atoms with van der Waals surface area (Å²) in [4.78, 5) is 43.7. The molecule has 7 aliphatic rings. The van der Waals surface area contributed by atoms with Gasteiger partial charge < -0.3 is 45.1 Å². The van der Waals surface area contributed by atoms with Crippen molar-refractivity contribution in [1.29, 1.82) is 0 Å². The van der Waals surface area contributed by atoms with Crippen LogP contribution in [-0.4, -0.2) is 86.9 Å². The number of methoxy groups -OCH3 is 1. The molecule has 10 rings (SSSR count). The number of benzene rings is 3. The minimum atomic E-state index is -1.59. The van der Waals surface area contributed by atoms with Gasteiger partial charge in [-0.1, -0.05) is 80.7 Å². The fourth-order valence-corrected chi connectivity index (χ4v) is 14.3. The minimum Gasteiger partial charge on any atom is -0.507 e. The number of aromatic hydroxyl groups is 1. The number of aliphatic hydroxyl groups is 4. The van der Waals surface area contributed by atoms with E-state index in [1.165, 1.54) is 0 Å². The van der Waals surface area contributed by atoms with E-state index in [0.29, 0.717) is 71.5 Å². The van der Waals surface area contributed by atoms with Crippen molar-refractivity contribution >= 4 is 23.4 Å². The van der Waals surface area contributed by atoms with E-state index in [1.807, 2.05) is 36.4 Å². The van der Waals surface area contributed by atoms with Gasteiger partial charge in [0.05, 0.1) is 30.7 Å². The molecule has 0 radical (unpaired) electrons. The minimum absolute atomic E-state index is 0.0119. The van der Waals surface area contributed by atoms with Gasteiger partial charge >= 0.3 is 11.9 Å². The molecule has 3 heterocycles. The Bertz CT molecular complexity index is 2640. The molecular formula is C60H73NO11. The maximum Gasteiger partial charge on any atom is 0.334 e. The maximum absolute atomic E-state index is 15.6. The summed E-state index contributed by atoms with van der Waals surface area (Å²) in [5.74, 6) is 3.75. The van der Waals surface area contributed by atoms with Crippen molar-refractivity contribution in [2.75, 3.05) is 25.6 Å². The molecule has 12 heteroatoms. The first-order valence-electron chi connectivity index (χ1n) is 26.9. The van der Waals surface area contributed by atoms with Crippen LogP contribution in [0.3, 0.4) is 0 Å². The quantitative estimate of drug-likeness (QED) is 0.0683. The predicted molar refractivity (Wildman–Crippen MR) is 271 cm³/mol. The molecule has 72 heavy (non-hydrogen) atoms. The molecule has 4 fully saturated rings. The van der Waals surface area contributed by atoms with Gasteiger partial charge in [0.1, 0.15) is 29.0 Å². The summed E-state index contributed by atoms with van der Waals surface area (Å²) < 4.78 is 18.4. The first kappa shape index (κ1) is 50.5. The summed E-state index contributed by atoms with van der Waals surface area (Å²) in [6, 6.07) is 15.4. The Labute approximate surface area is 423 Å². The zero-order valence-corrected chi connectivity index (χ0v) is 42.0. The lowest BCUT2D eigenvalue weighted by Gasteiger charge is -2.59. The largest absolute Gasteiger partial charge is 0.507 e. The number of ether oxygens (including phenoxy) is 3. The Hall–Kier alpha value is -5.03. The third kappa shape index (κ3) is 10.3. The Balaban J connectivity index is 1.19. The van der Waals surface area contributed by atoms with E-state index in [4.69, 9.17) is 14.2 Å². The van der Waals surface area contributed by atoms with Gasteiger partial charge in [-0.05, 0) is 134 Å². The lowest BCUT2D eigenvalue weighted by Crippen LogP contribution is -2.65. The zero-order valence-electron chi connectivity index (χ0n) is 42.0. The van der Waals surface area contributed by atoms with E-state index in [9.17, 15) is 35.1 Å². The Morgan fingerprint density at radius 3 is 2.43 bits per heavy atom. The topological polar surface area (TPSA) is 192 Å². The average molecular weight is 984 g/mol. The number of phenolic OH excluding ortho intramolecular Hbond substituents is 1. The van der Waals surface area contributed by atoms with Gasteiger partial charge in [0, 0.05) is 80.2 Å². The van der Waals surface area contributed by atoms with Gasteiger partial charge in [-0.25, -0.2) is 4.79 Å². The second-order valence-electron chi connectivity index (χ2n) is 22.8. The van der Waals surface area contributed by atoms with Crippen LogP contribution in [0.5, 0.6) is 11.5 Å². The second kappa shape index (κ2) is 21.1. The van der Waals surface area contributed by atoms with Crippen LogP contribution in [0.1, 0.15) is 160 Å². The number of anilines is 1. The van der Waals surface area contributed by atoms with Crippen LogP contribution in [-0.2, 0) is 49.7 Å². The smallest absolute Gasteiger partial charge is 0.334 e. The van der Waals surface area contributed by atoms with Crippen molar-refractivity contribution in [2.45, 2.75) is 170 Å². The Morgan fingerprint density at radius 2 is 1.64 bits per heavy atom. The number of Topliss-reactive ketones (excluding diaryl/α,β-unsaturated/α-hetero) is 1. The molecule has 0 unspecified atom stereocenters. The molecule has 3 aromatic rings. The SMILES string of the molecule is COCC[C@@](C)(O)CNc1cc(CO)cc([C@H]2C#C[C@@H]3CC(=O)Oc4c3cc(c(O)c4C3CCCCC3)C[C@H]3OC(=O)/C(=C\[C@H](O)Cc4cccc(c4)C[C@@H]4C(=O)CC[C@@H]5[C@@H]4C[C@@H]4CCCC[C@H]4[C@]53O)C2)c1. The number of ketones is 1. The van der Waals surface area contributed by atoms with E-state index >= 15 is 4.79 Å². The monoisotopic (exact) mass is 984 g/mol. The van der Waals surface area contributed by atoms with E-state index in [2.05, 4.69) is 23.2 Å². The molecule has 10 bridgehead atoms. The van der Waals surface area contributed by atoms with Crippen LogP contribution >= 0.6 is 0 Å². The second-order valence-corrected chi connectivity index (χ2v) is 22.8. The number of nitrogens with one attached hydrogen (secondary N) is 1. The Kier molecular flexibility index (Phi) is 14.8. The van der Waals surface area contributed by atoms with Crippen LogP contribution in [0.15, 0.2) is 60.2 Å². The molecule has 0 spiro atoms. The molecule has 3 aromatic carbocycles. The average Bonchev–Trinajstić information content (AvgIpc) is 3.37. The summed E-state index contributed by atoms with van der Waals surface area (Å²) in [6.45, 7) is 1.95.